The summed E-state index contributed by atoms with van der Waals surface area (Å²) in [4.78, 5) is 75.0. The van der Waals surface area contributed by atoms with Crippen LogP contribution in [0.1, 0.15) is 118 Å². The summed E-state index contributed by atoms with van der Waals surface area (Å²) in [6.07, 6.45) is 11.3. The van der Waals surface area contributed by atoms with Crippen molar-refractivity contribution in [3.63, 3.8) is 0 Å². The molecule has 0 bridgehead atoms. The molecule has 1 heterocycles. The van der Waals surface area contributed by atoms with Gasteiger partial charge in [-0.3, -0.25) is 28.9 Å². The van der Waals surface area contributed by atoms with Crippen molar-refractivity contribution in [1.29, 1.82) is 0 Å². The highest BCUT2D eigenvalue weighted by atomic mass is 16.5. The van der Waals surface area contributed by atoms with Crippen LogP contribution in [-0.2, 0) is 28.7 Å². The Labute approximate surface area is 317 Å². The first kappa shape index (κ1) is 42.9. The molecule has 5 amide bonds. The van der Waals surface area contributed by atoms with E-state index in [1.165, 1.54) is 0 Å². The van der Waals surface area contributed by atoms with E-state index in [1.54, 1.807) is 11.9 Å². The zero-order chi connectivity index (χ0) is 38.7. The van der Waals surface area contributed by atoms with E-state index in [2.05, 4.69) is 40.0 Å². The molecular formula is C39H70N8O6. The number of carbonyl (C=O) groups excluding carboxylic acids is 5. The maximum atomic E-state index is 14.7. The lowest BCUT2D eigenvalue weighted by Gasteiger charge is -2.39. The van der Waals surface area contributed by atoms with Gasteiger partial charge in [0.05, 0.1) is 18.8 Å². The fourth-order valence-corrected chi connectivity index (χ4v) is 8.71. The molecule has 4 rings (SSSR count). The van der Waals surface area contributed by atoms with Crippen LogP contribution in [0.15, 0.2) is 0 Å². The van der Waals surface area contributed by atoms with Crippen LogP contribution in [0.25, 0.3) is 0 Å². The van der Waals surface area contributed by atoms with Gasteiger partial charge in [0.1, 0.15) is 23.7 Å². The fraction of sp³-hybridized carbons (Fsp3) is 0.872. The Balaban J connectivity index is 1.71. The lowest BCUT2D eigenvalue weighted by molar-refractivity contribution is -0.147. The van der Waals surface area contributed by atoms with Crippen LogP contribution in [-0.4, -0.2) is 121 Å². The van der Waals surface area contributed by atoms with E-state index in [4.69, 9.17) is 16.2 Å². The number of nitrogens with two attached hydrogens (primary N) is 2. The highest BCUT2D eigenvalue weighted by Gasteiger charge is 2.64. The fourth-order valence-electron chi connectivity index (χ4n) is 8.71. The second-order valence-corrected chi connectivity index (χ2v) is 16.3. The smallest absolute Gasteiger partial charge is 0.246 e. The number of unbranched alkanes of at least 4 members (excludes halogenated alkanes) is 2. The van der Waals surface area contributed by atoms with E-state index < -0.39 is 47.4 Å². The van der Waals surface area contributed by atoms with Gasteiger partial charge in [-0.05, 0) is 82.7 Å². The van der Waals surface area contributed by atoms with Gasteiger partial charge in [-0.25, -0.2) is 0 Å². The molecule has 53 heavy (non-hydrogen) atoms. The van der Waals surface area contributed by atoms with E-state index in [0.29, 0.717) is 44.8 Å². The number of nitrogens with zero attached hydrogens (tertiary/aromatic N) is 2. The molecule has 7 atom stereocenters. The predicted molar refractivity (Wildman–Crippen MR) is 204 cm³/mol. The molecule has 3 aliphatic carbocycles. The number of amides is 5. The second kappa shape index (κ2) is 20.2. The highest BCUT2D eigenvalue weighted by Crippen LogP contribution is 2.51. The molecule has 0 aromatic carbocycles. The van der Waals surface area contributed by atoms with Crippen molar-refractivity contribution in [2.45, 2.75) is 159 Å². The van der Waals surface area contributed by atoms with Crippen molar-refractivity contribution in [3.05, 3.63) is 0 Å². The normalized spacial score (nSPS) is 34.4. The number of hydrogen-bond donors (Lipinski definition) is 6. The van der Waals surface area contributed by atoms with Crippen LogP contribution in [0, 0.1) is 17.8 Å². The quantitative estimate of drug-likeness (QED) is 0.162. The minimum absolute atomic E-state index is 0.0471. The van der Waals surface area contributed by atoms with Crippen LogP contribution in [0.2, 0.25) is 0 Å². The van der Waals surface area contributed by atoms with E-state index in [-0.39, 0.29) is 48.9 Å². The summed E-state index contributed by atoms with van der Waals surface area (Å²) in [7, 11) is 1.74. The number of likely N-dealkylation sites (N-methyl/N-ethyl adjacent to an activating group) is 1. The Morgan fingerprint density at radius 2 is 1.49 bits per heavy atom. The van der Waals surface area contributed by atoms with Gasteiger partial charge in [0.15, 0.2) is 0 Å². The van der Waals surface area contributed by atoms with E-state index in [0.717, 1.165) is 70.6 Å². The van der Waals surface area contributed by atoms with Gasteiger partial charge in [-0.15, -0.1) is 0 Å². The minimum Gasteiger partial charge on any atom is -0.376 e. The van der Waals surface area contributed by atoms with Crippen molar-refractivity contribution in [2.75, 3.05) is 39.8 Å². The molecule has 4 fully saturated rings. The second-order valence-electron chi connectivity index (χ2n) is 16.3. The first-order chi connectivity index (χ1) is 25.4. The van der Waals surface area contributed by atoms with Gasteiger partial charge in [-0.2, -0.15) is 0 Å². The first-order valence-electron chi connectivity index (χ1n) is 20.7. The summed E-state index contributed by atoms with van der Waals surface area (Å²) in [5.74, 6) is -1.74. The lowest BCUT2D eigenvalue weighted by Crippen LogP contribution is -2.64. The molecule has 0 aromatic rings. The van der Waals surface area contributed by atoms with Gasteiger partial charge in [-0.1, -0.05) is 65.7 Å². The van der Waals surface area contributed by atoms with Gasteiger partial charge in [0.25, 0.3) is 0 Å². The van der Waals surface area contributed by atoms with Crippen molar-refractivity contribution in [2.24, 2.45) is 29.2 Å². The van der Waals surface area contributed by atoms with E-state index in [1.807, 2.05) is 13.8 Å². The largest absolute Gasteiger partial charge is 0.376 e. The topological polar surface area (TPSA) is 201 Å². The Bertz CT molecular complexity index is 1240. The number of rotatable bonds is 13. The van der Waals surface area contributed by atoms with Gasteiger partial charge in [0, 0.05) is 26.2 Å². The summed E-state index contributed by atoms with van der Waals surface area (Å²) in [5.41, 5.74) is 10.8. The summed E-state index contributed by atoms with van der Waals surface area (Å²) >= 11 is 0. The average molecular weight is 747 g/mol. The standard InChI is InChI=1S/C39H70N8O6/c1-6-9-16-32-37(51)46(5)39(20-28(39)8-3)38(52)45-33(27-14-12-11-13-15-27)36(50)43-30(22-41)34(48)44-31(24-53-29-18-26(19-29)21-40)35(49)42-25(4)23-47(32)17-10-7-2/h25-33H,6-24,40-41H2,1-5H3,(H,42,49)(H,43,50)(H,44,48)(H,45,52)/t25-,26?,28?,29?,30+,31+,32+,33+,39?/m1/s1. The summed E-state index contributed by atoms with van der Waals surface area (Å²) in [6, 6.07) is -3.98. The third kappa shape index (κ3) is 10.7. The molecule has 0 aromatic heterocycles. The number of hydrogen-bond acceptors (Lipinski definition) is 9. The van der Waals surface area contributed by atoms with Crippen molar-refractivity contribution in [3.8, 4) is 0 Å². The Kier molecular flexibility index (Phi) is 16.4. The maximum Gasteiger partial charge on any atom is 0.246 e. The zero-order valence-corrected chi connectivity index (χ0v) is 33.1. The molecule has 1 saturated heterocycles. The molecule has 14 heteroatoms. The number of nitrogens with one attached hydrogen (secondary N) is 4. The molecule has 302 valence electrons. The molecule has 2 unspecified atom stereocenters. The molecule has 0 radical (unpaired) electrons. The van der Waals surface area contributed by atoms with Crippen LogP contribution < -0.4 is 32.7 Å². The van der Waals surface area contributed by atoms with Crippen LogP contribution in [0.5, 0.6) is 0 Å². The molecule has 1 aliphatic heterocycles. The zero-order valence-electron chi connectivity index (χ0n) is 33.1. The van der Waals surface area contributed by atoms with Crippen molar-refractivity contribution >= 4 is 29.5 Å². The van der Waals surface area contributed by atoms with Crippen LogP contribution >= 0.6 is 0 Å². The summed E-state index contributed by atoms with van der Waals surface area (Å²) in [6.45, 7) is 9.50. The van der Waals surface area contributed by atoms with Crippen molar-refractivity contribution in [1.82, 2.24) is 31.1 Å². The Hall–Kier alpha value is -2.81. The third-order valence-corrected chi connectivity index (χ3v) is 12.4. The molecule has 1 spiro atoms. The number of ether oxygens (including phenoxy) is 1. The monoisotopic (exact) mass is 747 g/mol. The molecule has 8 N–H and O–H groups in total. The van der Waals surface area contributed by atoms with Crippen LogP contribution in [0.3, 0.4) is 0 Å². The highest BCUT2D eigenvalue weighted by molar-refractivity contribution is 5.99. The Morgan fingerprint density at radius 3 is 2.09 bits per heavy atom. The van der Waals surface area contributed by atoms with Gasteiger partial charge < -0.3 is 42.4 Å². The minimum atomic E-state index is -1.14. The predicted octanol–water partition coefficient (Wildman–Crippen LogP) is 1.54. The third-order valence-electron chi connectivity index (χ3n) is 12.4. The van der Waals surface area contributed by atoms with Gasteiger partial charge >= 0.3 is 0 Å². The first-order valence-corrected chi connectivity index (χ1v) is 20.7. The van der Waals surface area contributed by atoms with Crippen LogP contribution in [0.4, 0.5) is 0 Å². The molecule has 3 saturated carbocycles. The number of carbonyl (C=O) groups is 5. The maximum absolute atomic E-state index is 14.7. The van der Waals surface area contributed by atoms with Crippen molar-refractivity contribution < 1.29 is 28.7 Å². The molecule has 4 aliphatic rings. The summed E-state index contributed by atoms with van der Waals surface area (Å²) in [5, 5.41) is 11.8. The lowest BCUT2D eigenvalue weighted by atomic mass is 9.82. The van der Waals surface area contributed by atoms with E-state index in [9.17, 15) is 24.0 Å². The summed E-state index contributed by atoms with van der Waals surface area (Å²) < 4.78 is 6.08. The van der Waals surface area contributed by atoms with E-state index >= 15 is 0 Å². The molecular weight excluding hydrogens is 676 g/mol. The molecule has 14 nitrogen and oxygen atoms in total. The Morgan fingerprint density at radius 1 is 0.830 bits per heavy atom. The SMILES string of the molecule is CCCC[C@H]1C(=O)N(C)C2(CC2CC)C(=O)N[C@@H](C2CCCCC2)C(=O)N[C@@H](CN)C(=O)N[C@@H](COC2CC(CN)C2)C(=O)N[C@H](C)CN1CCCC. The average Bonchev–Trinajstić information content (AvgIpc) is 3.89. The van der Waals surface area contributed by atoms with Gasteiger partial charge in [0.2, 0.25) is 29.5 Å².